The molecule has 0 aliphatic rings. The molecule has 0 unspecified atom stereocenters. The molecule has 0 radical (unpaired) electrons. The van der Waals surface area contributed by atoms with Crippen molar-refractivity contribution in [2.75, 3.05) is 6.54 Å². The van der Waals surface area contributed by atoms with Crippen LogP contribution in [0, 0.1) is 0 Å². The number of carbonyl (C=O) groups is 2. The number of hydrogen-bond donors (Lipinski definition) is 1. The van der Waals surface area contributed by atoms with E-state index in [-0.39, 0.29) is 59.4 Å². The number of esters is 2. The van der Waals surface area contributed by atoms with Crippen molar-refractivity contribution in [3.05, 3.63) is 0 Å². The largest absolute Gasteiger partial charge is 1.00 e. The summed E-state index contributed by atoms with van der Waals surface area (Å²) in [5.74, 6) is -1.09. The Kier molecular flexibility index (Phi) is 19.5. The minimum atomic E-state index is -0.643. The second-order valence-electron chi connectivity index (χ2n) is 4.63. The number of ether oxygens (including phenoxy) is 1. The number of carbonyl (C=O) groups excluding carboxylic acids is 2. The van der Waals surface area contributed by atoms with Crippen LogP contribution >= 0.6 is 0 Å². The normalized spacial score (nSPS) is 9.79. The van der Waals surface area contributed by atoms with Crippen LogP contribution in [0.5, 0.6) is 0 Å². The van der Waals surface area contributed by atoms with Gasteiger partial charge in [0.1, 0.15) is 0 Å². The van der Waals surface area contributed by atoms with Gasteiger partial charge in [-0.1, -0.05) is 58.3 Å². The van der Waals surface area contributed by atoms with Crippen LogP contribution in [0.1, 0.15) is 72.6 Å². The van der Waals surface area contributed by atoms with Gasteiger partial charge >= 0.3 is 63.3 Å². The summed E-state index contributed by atoms with van der Waals surface area (Å²) >= 11 is 0. The predicted octanol–water partition coefficient (Wildman–Crippen LogP) is 0.0523. The van der Waals surface area contributed by atoms with Gasteiger partial charge in [-0.3, -0.25) is 9.59 Å². The van der Waals surface area contributed by atoms with E-state index in [0.29, 0.717) is 6.42 Å². The van der Waals surface area contributed by atoms with Crippen LogP contribution in [0.25, 0.3) is 0 Å². The summed E-state index contributed by atoms with van der Waals surface area (Å²) in [6.45, 7) is 1.98. The summed E-state index contributed by atoms with van der Waals surface area (Å²) in [5.41, 5.74) is 5.04. The molecule has 0 saturated carbocycles. The molecule has 0 aromatic heterocycles. The van der Waals surface area contributed by atoms with Gasteiger partial charge < -0.3 is 11.9 Å². The maximum absolute atomic E-state index is 11.1. The summed E-state index contributed by atoms with van der Waals surface area (Å²) in [6.07, 6.45) is 11.1. The molecule has 0 aliphatic carbocycles. The summed E-state index contributed by atoms with van der Waals surface area (Å²) in [5, 5.41) is 0. The molecule has 0 amide bonds. The van der Waals surface area contributed by atoms with Crippen molar-refractivity contribution in [2.24, 2.45) is 5.73 Å². The molecule has 0 aliphatic heterocycles. The number of rotatable bonds is 11. The molecule has 19 heavy (non-hydrogen) atoms. The Morgan fingerprint density at radius 2 is 1.37 bits per heavy atom. The minimum absolute atomic E-state index is 0. The SMILES string of the molecule is CCCCCCCCCCCC(=O)OC(=O)CN.[H-].[K+]. The summed E-state index contributed by atoms with van der Waals surface area (Å²) in [7, 11) is 0. The molecule has 0 heterocycles. The van der Waals surface area contributed by atoms with Gasteiger partial charge in [0.25, 0.3) is 0 Å². The van der Waals surface area contributed by atoms with Crippen molar-refractivity contribution in [1.29, 1.82) is 0 Å². The zero-order valence-corrected chi connectivity index (χ0v) is 15.7. The van der Waals surface area contributed by atoms with Crippen LogP contribution in [0.3, 0.4) is 0 Å². The van der Waals surface area contributed by atoms with E-state index >= 15 is 0 Å². The van der Waals surface area contributed by atoms with Gasteiger partial charge in [-0.15, -0.1) is 0 Å². The smallest absolute Gasteiger partial charge is 1.00 e. The fourth-order valence-corrected chi connectivity index (χ4v) is 1.80. The van der Waals surface area contributed by atoms with Crippen molar-refractivity contribution in [2.45, 2.75) is 71.1 Å². The van der Waals surface area contributed by atoms with Crippen molar-refractivity contribution < 1.29 is 67.1 Å². The molecule has 0 atom stereocenters. The van der Waals surface area contributed by atoms with E-state index in [1.165, 1.54) is 38.5 Å². The summed E-state index contributed by atoms with van der Waals surface area (Å²) in [6, 6.07) is 0. The Morgan fingerprint density at radius 1 is 0.895 bits per heavy atom. The van der Waals surface area contributed by atoms with Gasteiger partial charge in [0.2, 0.25) is 0 Å². The molecule has 0 aromatic carbocycles. The molecule has 0 rings (SSSR count). The van der Waals surface area contributed by atoms with Gasteiger partial charge in [0.15, 0.2) is 0 Å². The van der Waals surface area contributed by atoms with Crippen molar-refractivity contribution in [3.8, 4) is 0 Å². The molecule has 4 nitrogen and oxygen atoms in total. The molecular formula is C14H28KNO3. The third-order valence-electron chi connectivity index (χ3n) is 2.88. The average Bonchev–Trinajstić information content (AvgIpc) is 2.36. The second kappa shape index (κ2) is 16.8. The first-order valence-electron chi connectivity index (χ1n) is 7.14. The molecule has 108 valence electrons. The van der Waals surface area contributed by atoms with Crippen LogP contribution in [-0.4, -0.2) is 18.5 Å². The minimum Gasteiger partial charge on any atom is -1.00 e. The van der Waals surface area contributed by atoms with Crippen LogP contribution in [0.15, 0.2) is 0 Å². The van der Waals surface area contributed by atoms with E-state index in [9.17, 15) is 9.59 Å². The average molecular weight is 297 g/mol. The summed E-state index contributed by atoms with van der Waals surface area (Å²) < 4.78 is 4.47. The molecule has 0 bridgehead atoms. The zero-order valence-electron chi connectivity index (χ0n) is 13.6. The maximum atomic E-state index is 11.1. The maximum Gasteiger partial charge on any atom is 1.00 e. The van der Waals surface area contributed by atoms with E-state index in [2.05, 4.69) is 11.7 Å². The first-order chi connectivity index (χ1) is 8.70. The molecule has 0 saturated heterocycles. The van der Waals surface area contributed by atoms with Crippen molar-refractivity contribution >= 4 is 11.9 Å². The number of unbranched alkanes of at least 4 members (excludes halogenated alkanes) is 8. The fraction of sp³-hybridized carbons (Fsp3) is 0.857. The van der Waals surface area contributed by atoms with Gasteiger partial charge in [-0.2, -0.15) is 0 Å². The van der Waals surface area contributed by atoms with Crippen molar-refractivity contribution in [1.82, 2.24) is 0 Å². The molecule has 0 spiro atoms. The summed E-state index contributed by atoms with van der Waals surface area (Å²) in [4.78, 5) is 21.8. The van der Waals surface area contributed by atoms with Crippen LogP contribution < -0.4 is 57.1 Å². The molecular weight excluding hydrogens is 269 g/mol. The molecule has 2 N–H and O–H groups in total. The molecule has 5 heteroatoms. The van der Waals surface area contributed by atoms with Crippen LogP contribution in [0.4, 0.5) is 0 Å². The second-order valence-corrected chi connectivity index (χ2v) is 4.63. The third kappa shape index (κ3) is 16.7. The third-order valence-corrected chi connectivity index (χ3v) is 2.88. The first kappa shape index (κ1) is 22.0. The molecule has 0 aromatic rings. The quantitative estimate of drug-likeness (QED) is 0.253. The standard InChI is InChI=1S/C14H27NO3.K.H/c1-2-3-4-5-6-7-8-9-10-11-13(16)18-14(17)12-15;;/h2-12,15H2,1H3;;/q;+1;-1. The fourth-order valence-electron chi connectivity index (χ4n) is 1.80. The van der Waals surface area contributed by atoms with E-state index in [4.69, 9.17) is 5.73 Å². The predicted molar refractivity (Wildman–Crippen MR) is 73.1 cm³/mol. The topological polar surface area (TPSA) is 69.4 Å². The number of nitrogens with two attached hydrogens (primary N) is 1. The van der Waals surface area contributed by atoms with Crippen LogP contribution in [0.2, 0.25) is 0 Å². The zero-order chi connectivity index (χ0) is 13.6. The van der Waals surface area contributed by atoms with Crippen molar-refractivity contribution in [3.63, 3.8) is 0 Å². The molecule has 0 fully saturated rings. The Bertz CT molecular complexity index is 240. The van der Waals surface area contributed by atoms with Gasteiger partial charge in [0.05, 0.1) is 6.54 Å². The first-order valence-corrected chi connectivity index (χ1v) is 7.14. The Morgan fingerprint density at radius 3 is 1.84 bits per heavy atom. The number of hydrogen-bond acceptors (Lipinski definition) is 4. The van der Waals surface area contributed by atoms with E-state index < -0.39 is 11.9 Å². The van der Waals surface area contributed by atoms with E-state index in [0.717, 1.165) is 19.3 Å². The van der Waals surface area contributed by atoms with Gasteiger partial charge in [0, 0.05) is 6.42 Å². The van der Waals surface area contributed by atoms with Gasteiger partial charge in [-0.25, -0.2) is 0 Å². The van der Waals surface area contributed by atoms with Gasteiger partial charge in [-0.05, 0) is 6.42 Å². The van der Waals surface area contributed by atoms with E-state index in [1.54, 1.807) is 0 Å². The Balaban J connectivity index is -0.00000144. The Hall–Kier alpha value is 0.736. The Labute approximate surface area is 161 Å². The van der Waals surface area contributed by atoms with Crippen LogP contribution in [-0.2, 0) is 14.3 Å². The monoisotopic (exact) mass is 297 g/mol. The van der Waals surface area contributed by atoms with E-state index in [1.807, 2.05) is 0 Å².